The molecule has 0 radical (unpaired) electrons. The third-order valence-electron chi connectivity index (χ3n) is 7.12. The molecule has 0 amide bonds. The van der Waals surface area contributed by atoms with E-state index in [0.29, 0.717) is 13.1 Å². The fourth-order valence-electron chi connectivity index (χ4n) is 5.66. The van der Waals surface area contributed by atoms with Gasteiger partial charge in [-0.1, -0.05) is 24.3 Å². The van der Waals surface area contributed by atoms with Crippen molar-refractivity contribution in [2.24, 2.45) is 11.3 Å². The Morgan fingerprint density at radius 3 is 2.67 bits per heavy atom. The van der Waals surface area contributed by atoms with Crippen LogP contribution >= 0.6 is 0 Å². The van der Waals surface area contributed by atoms with Crippen molar-refractivity contribution in [1.29, 1.82) is 0 Å². The van der Waals surface area contributed by atoms with E-state index in [9.17, 15) is 13.5 Å². The molecule has 1 saturated heterocycles. The first kappa shape index (κ1) is 17.4. The Morgan fingerprint density at radius 1 is 1.19 bits per heavy atom. The molecule has 0 bridgehead atoms. The van der Waals surface area contributed by atoms with Crippen LogP contribution < -0.4 is 0 Å². The molecule has 27 heavy (non-hydrogen) atoms. The van der Waals surface area contributed by atoms with Crippen LogP contribution in [0, 0.1) is 11.3 Å². The van der Waals surface area contributed by atoms with Crippen molar-refractivity contribution in [3.63, 3.8) is 0 Å². The van der Waals surface area contributed by atoms with Gasteiger partial charge in [0.05, 0.1) is 36.6 Å². The standard InChI is InChI=1S/C20H25N3O3S/c1-27(25,26)22-10-8-20(9-11-22)7-6-16(19(20)24)18-15-5-3-2-4-14(15)17-12-21-13-23(17)18/h2-5,12-13,16,18-19,24H,6-11H2,1H3/t16-,18?,19-/m0/s1. The van der Waals surface area contributed by atoms with Gasteiger partial charge in [-0.05, 0) is 36.7 Å². The minimum Gasteiger partial charge on any atom is -0.392 e. The van der Waals surface area contributed by atoms with Crippen molar-refractivity contribution in [2.75, 3.05) is 19.3 Å². The highest BCUT2D eigenvalue weighted by Gasteiger charge is 2.53. The number of rotatable bonds is 2. The first-order chi connectivity index (χ1) is 12.9. The van der Waals surface area contributed by atoms with Crippen molar-refractivity contribution in [3.8, 4) is 11.3 Å². The summed E-state index contributed by atoms with van der Waals surface area (Å²) >= 11 is 0. The summed E-state index contributed by atoms with van der Waals surface area (Å²) in [6.45, 7) is 1.03. The van der Waals surface area contributed by atoms with Crippen LogP contribution in [0.1, 0.15) is 37.3 Å². The molecular weight excluding hydrogens is 362 g/mol. The van der Waals surface area contributed by atoms with E-state index < -0.39 is 16.1 Å². The molecule has 7 heteroatoms. The topological polar surface area (TPSA) is 75.4 Å². The van der Waals surface area contributed by atoms with E-state index in [1.807, 2.05) is 18.6 Å². The molecular formula is C20H25N3O3S. The number of aliphatic hydroxyl groups is 1. The number of nitrogens with zero attached hydrogens (tertiary/aromatic N) is 3. The number of aromatic nitrogens is 2. The Balaban J connectivity index is 1.44. The van der Waals surface area contributed by atoms with Crippen LogP contribution in [0.2, 0.25) is 0 Å². The second kappa shape index (κ2) is 5.90. The van der Waals surface area contributed by atoms with Crippen LogP contribution in [0.5, 0.6) is 0 Å². The van der Waals surface area contributed by atoms with Crippen molar-refractivity contribution < 1.29 is 13.5 Å². The predicted molar refractivity (Wildman–Crippen MR) is 103 cm³/mol. The molecule has 1 N–H and O–H groups in total. The van der Waals surface area contributed by atoms with Crippen molar-refractivity contribution in [2.45, 2.75) is 37.8 Å². The molecule has 3 heterocycles. The summed E-state index contributed by atoms with van der Waals surface area (Å²) in [6, 6.07) is 8.52. The van der Waals surface area contributed by atoms with Crippen LogP contribution in [0.25, 0.3) is 11.3 Å². The highest BCUT2D eigenvalue weighted by atomic mass is 32.2. The van der Waals surface area contributed by atoms with Gasteiger partial charge in [-0.3, -0.25) is 0 Å². The van der Waals surface area contributed by atoms with Gasteiger partial charge in [0.15, 0.2) is 0 Å². The third kappa shape index (κ3) is 2.52. The van der Waals surface area contributed by atoms with Crippen LogP contribution in [-0.2, 0) is 10.0 Å². The smallest absolute Gasteiger partial charge is 0.211 e. The fraction of sp³-hybridized carbons (Fsp3) is 0.550. The summed E-state index contributed by atoms with van der Waals surface area (Å²) in [5, 5.41) is 11.4. The molecule has 144 valence electrons. The van der Waals surface area contributed by atoms with Gasteiger partial charge in [0.2, 0.25) is 10.0 Å². The average Bonchev–Trinajstić information content (AvgIpc) is 3.30. The average molecular weight is 388 g/mol. The Kier molecular flexibility index (Phi) is 3.80. The van der Waals surface area contributed by atoms with Crippen molar-refractivity contribution in [1.82, 2.24) is 13.9 Å². The number of aliphatic hydroxyl groups excluding tert-OH is 1. The molecule has 1 aliphatic carbocycles. The maximum Gasteiger partial charge on any atom is 0.211 e. The number of sulfonamides is 1. The van der Waals surface area contributed by atoms with Gasteiger partial charge >= 0.3 is 0 Å². The van der Waals surface area contributed by atoms with Gasteiger partial charge in [-0.15, -0.1) is 0 Å². The molecule has 1 aromatic carbocycles. The van der Waals surface area contributed by atoms with Crippen LogP contribution in [0.4, 0.5) is 0 Å². The van der Waals surface area contributed by atoms with E-state index in [-0.39, 0.29) is 17.4 Å². The summed E-state index contributed by atoms with van der Waals surface area (Å²) < 4.78 is 27.4. The predicted octanol–water partition coefficient (Wildman–Crippen LogP) is 2.27. The largest absolute Gasteiger partial charge is 0.392 e. The minimum absolute atomic E-state index is 0.112. The highest BCUT2D eigenvalue weighted by Crippen LogP contribution is 2.55. The molecule has 5 rings (SSSR count). The molecule has 1 unspecified atom stereocenters. The van der Waals surface area contributed by atoms with E-state index in [0.717, 1.165) is 31.4 Å². The minimum atomic E-state index is -3.15. The number of benzene rings is 1. The normalized spacial score (nSPS) is 29.8. The van der Waals surface area contributed by atoms with Gasteiger partial charge in [-0.2, -0.15) is 0 Å². The lowest BCUT2D eigenvalue weighted by atomic mass is 9.73. The van der Waals surface area contributed by atoms with E-state index >= 15 is 0 Å². The van der Waals surface area contributed by atoms with Gasteiger partial charge < -0.3 is 9.67 Å². The first-order valence-electron chi connectivity index (χ1n) is 9.65. The lowest BCUT2D eigenvalue weighted by Crippen LogP contribution is -2.47. The maximum atomic E-state index is 11.8. The zero-order chi connectivity index (χ0) is 18.8. The van der Waals surface area contributed by atoms with Gasteiger partial charge in [0, 0.05) is 24.6 Å². The molecule has 3 aliphatic rings. The Bertz CT molecular complexity index is 976. The quantitative estimate of drug-likeness (QED) is 0.858. The summed E-state index contributed by atoms with van der Waals surface area (Å²) in [6.07, 6.45) is 8.02. The van der Waals surface area contributed by atoms with Gasteiger partial charge in [-0.25, -0.2) is 17.7 Å². The van der Waals surface area contributed by atoms with Gasteiger partial charge in [0.25, 0.3) is 0 Å². The second-order valence-electron chi connectivity index (χ2n) is 8.39. The van der Waals surface area contributed by atoms with Crippen molar-refractivity contribution in [3.05, 3.63) is 42.4 Å². The molecule has 1 spiro atoms. The number of fused-ring (bicyclic) bond motifs is 3. The lowest BCUT2D eigenvalue weighted by molar-refractivity contribution is -0.0145. The molecule has 6 nitrogen and oxygen atoms in total. The molecule has 1 aromatic heterocycles. The molecule has 3 atom stereocenters. The zero-order valence-electron chi connectivity index (χ0n) is 15.5. The molecule has 2 aliphatic heterocycles. The summed E-state index contributed by atoms with van der Waals surface area (Å²) in [7, 11) is -3.15. The Hall–Kier alpha value is -1.70. The summed E-state index contributed by atoms with van der Waals surface area (Å²) in [5.41, 5.74) is 3.43. The van der Waals surface area contributed by atoms with E-state index in [4.69, 9.17) is 0 Å². The van der Waals surface area contributed by atoms with Crippen LogP contribution in [0.3, 0.4) is 0 Å². The summed E-state index contributed by atoms with van der Waals surface area (Å²) in [4.78, 5) is 4.34. The van der Waals surface area contributed by atoms with Crippen molar-refractivity contribution >= 4 is 10.0 Å². The summed E-state index contributed by atoms with van der Waals surface area (Å²) in [5.74, 6) is 0.131. The lowest BCUT2D eigenvalue weighted by Gasteiger charge is -2.42. The molecule has 1 saturated carbocycles. The van der Waals surface area contributed by atoms with E-state index in [1.54, 1.807) is 4.31 Å². The molecule has 2 fully saturated rings. The first-order valence-corrected chi connectivity index (χ1v) is 11.5. The monoisotopic (exact) mass is 387 g/mol. The number of imidazole rings is 1. The number of hydrogen-bond acceptors (Lipinski definition) is 4. The Labute approximate surface area is 159 Å². The highest BCUT2D eigenvalue weighted by molar-refractivity contribution is 7.88. The van der Waals surface area contributed by atoms with Crippen LogP contribution in [0.15, 0.2) is 36.8 Å². The van der Waals surface area contributed by atoms with Crippen LogP contribution in [-0.4, -0.2) is 52.8 Å². The maximum absolute atomic E-state index is 11.8. The SMILES string of the molecule is CS(=O)(=O)N1CCC2(CC[C@@H](C3c4ccccc4-c4cncn43)[C@@H]2O)CC1. The van der Waals surface area contributed by atoms with E-state index in [1.165, 1.54) is 17.4 Å². The fourth-order valence-corrected chi connectivity index (χ4v) is 6.51. The number of hydrogen-bond donors (Lipinski definition) is 1. The third-order valence-corrected chi connectivity index (χ3v) is 8.43. The van der Waals surface area contributed by atoms with E-state index in [2.05, 4.69) is 27.8 Å². The molecule has 2 aromatic rings. The van der Waals surface area contributed by atoms with Gasteiger partial charge in [0.1, 0.15) is 0 Å². The number of piperidine rings is 1. The Morgan fingerprint density at radius 2 is 1.93 bits per heavy atom. The zero-order valence-corrected chi connectivity index (χ0v) is 16.3. The second-order valence-corrected chi connectivity index (χ2v) is 10.4.